The molecule has 6 heteroatoms. The highest BCUT2D eigenvalue weighted by molar-refractivity contribution is 5.97. The van der Waals surface area contributed by atoms with Crippen LogP contribution in [-0.4, -0.2) is 23.1 Å². The number of nitrogens with zero attached hydrogens (tertiary/aromatic N) is 1. The number of amides is 1. The number of nitrogens with one attached hydrogen (secondary N) is 1. The van der Waals surface area contributed by atoms with Crippen LogP contribution in [0.25, 0.3) is 11.1 Å². The van der Waals surface area contributed by atoms with Gasteiger partial charge >= 0.3 is 5.97 Å². The number of fused-ring (bicyclic) bond motifs is 3. The van der Waals surface area contributed by atoms with Gasteiger partial charge in [-0.15, -0.1) is 0 Å². The molecular formula is C21H18N2O4. The van der Waals surface area contributed by atoms with E-state index in [2.05, 4.69) is 22.6 Å². The maximum atomic E-state index is 12.5. The number of anilines is 1. The van der Waals surface area contributed by atoms with Crippen molar-refractivity contribution in [3.8, 4) is 11.1 Å². The molecule has 1 aliphatic carbocycles. The second kappa shape index (κ2) is 6.72. The van der Waals surface area contributed by atoms with Crippen LogP contribution in [0.3, 0.4) is 0 Å². The van der Waals surface area contributed by atoms with Gasteiger partial charge in [-0.05, 0) is 54.7 Å². The number of aromatic nitrogens is 1. The number of benzene rings is 2. The Morgan fingerprint density at radius 1 is 1.11 bits per heavy atom. The zero-order valence-electron chi connectivity index (χ0n) is 15.0. The van der Waals surface area contributed by atoms with Crippen molar-refractivity contribution < 1.29 is 18.8 Å². The van der Waals surface area contributed by atoms with Crippen molar-refractivity contribution in [2.24, 2.45) is 0 Å². The molecule has 4 rings (SSSR count). The average Bonchev–Trinajstić information content (AvgIpc) is 3.23. The minimum Gasteiger partial charge on any atom is -0.449 e. The average molecular weight is 362 g/mol. The Hall–Kier alpha value is -3.41. The molecule has 0 aliphatic heterocycles. The fourth-order valence-corrected chi connectivity index (χ4v) is 3.20. The first-order valence-electron chi connectivity index (χ1n) is 8.67. The second-order valence-electron chi connectivity index (χ2n) is 6.58. The van der Waals surface area contributed by atoms with Gasteiger partial charge in [0.1, 0.15) is 0 Å². The number of carbonyl (C=O) groups excluding carboxylic acids is 2. The number of ether oxygens (including phenoxy) is 1. The molecule has 0 spiro atoms. The van der Waals surface area contributed by atoms with Crippen LogP contribution in [0.5, 0.6) is 0 Å². The van der Waals surface area contributed by atoms with Crippen LogP contribution < -0.4 is 5.32 Å². The number of rotatable bonds is 4. The van der Waals surface area contributed by atoms with Crippen molar-refractivity contribution in [2.45, 2.75) is 26.4 Å². The minimum atomic E-state index is -0.964. The summed E-state index contributed by atoms with van der Waals surface area (Å²) in [5.74, 6) is -0.797. The van der Waals surface area contributed by atoms with E-state index < -0.39 is 18.0 Å². The number of carbonyl (C=O) groups is 2. The van der Waals surface area contributed by atoms with Gasteiger partial charge in [0.25, 0.3) is 5.91 Å². The van der Waals surface area contributed by atoms with Crippen LogP contribution in [0.4, 0.5) is 5.88 Å². The lowest BCUT2D eigenvalue weighted by Gasteiger charge is -2.12. The molecule has 1 N–H and O–H groups in total. The van der Waals surface area contributed by atoms with Crippen molar-refractivity contribution >= 4 is 17.8 Å². The highest BCUT2D eigenvalue weighted by Crippen LogP contribution is 2.36. The lowest BCUT2D eigenvalue weighted by Crippen LogP contribution is -2.29. The second-order valence-corrected chi connectivity index (χ2v) is 6.58. The first-order chi connectivity index (χ1) is 13.0. The first kappa shape index (κ1) is 17.0. The van der Waals surface area contributed by atoms with Crippen molar-refractivity contribution in [1.82, 2.24) is 5.16 Å². The number of hydrogen-bond donors (Lipinski definition) is 1. The summed E-state index contributed by atoms with van der Waals surface area (Å²) in [4.78, 5) is 24.6. The molecule has 1 aliphatic rings. The van der Waals surface area contributed by atoms with Crippen LogP contribution in [0.2, 0.25) is 0 Å². The molecule has 0 saturated carbocycles. The Morgan fingerprint density at radius 3 is 2.67 bits per heavy atom. The van der Waals surface area contributed by atoms with Crippen LogP contribution in [-0.2, 0) is 16.0 Å². The molecule has 0 fully saturated rings. The van der Waals surface area contributed by atoms with Crippen LogP contribution >= 0.6 is 0 Å². The molecule has 0 bridgehead atoms. The van der Waals surface area contributed by atoms with E-state index in [9.17, 15) is 9.59 Å². The van der Waals surface area contributed by atoms with E-state index in [0.29, 0.717) is 11.3 Å². The molecule has 27 heavy (non-hydrogen) atoms. The maximum Gasteiger partial charge on any atom is 0.338 e. The Morgan fingerprint density at radius 2 is 1.89 bits per heavy atom. The Bertz CT molecular complexity index is 1040. The predicted octanol–water partition coefficient (Wildman–Crippen LogP) is 3.74. The van der Waals surface area contributed by atoms with E-state index in [-0.39, 0.29) is 5.88 Å². The molecule has 1 amide bonds. The lowest BCUT2D eigenvalue weighted by atomic mass is 10.0. The van der Waals surface area contributed by atoms with E-state index in [1.165, 1.54) is 18.1 Å². The molecule has 6 nitrogen and oxygen atoms in total. The van der Waals surface area contributed by atoms with Gasteiger partial charge in [0.15, 0.2) is 6.10 Å². The minimum absolute atomic E-state index is 0.218. The molecule has 2 aromatic carbocycles. The molecular weight excluding hydrogens is 344 g/mol. The van der Waals surface area contributed by atoms with Gasteiger partial charge in [-0.2, -0.15) is 0 Å². The molecule has 0 unspecified atom stereocenters. The molecule has 0 radical (unpaired) electrons. The van der Waals surface area contributed by atoms with Crippen LogP contribution in [0, 0.1) is 6.92 Å². The van der Waals surface area contributed by atoms with E-state index in [1.807, 2.05) is 24.3 Å². The zero-order chi connectivity index (χ0) is 19.0. The van der Waals surface area contributed by atoms with Crippen molar-refractivity contribution in [3.63, 3.8) is 0 Å². The third-order valence-corrected chi connectivity index (χ3v) is 4.56. The first-order valence-corrected chi connectivity index (χ1v) is 8.67. The third-order valence-electron chi connectivity index (χ3n) is 4.56. The normalized spacial score (nSPS) is 12.8. The number of hydrogen-bond acceptors (Lipinski definition) is 5. The summed E-state index contributed by atoms with van der Waals surface area (Å²) >= 11 is 0. The van der Waals surface area contributed by atoms with Gasteiger partial charge in [-0.25, -0.2) is 4.79 Å². The summed E-state index contributed by atoms with van der Waals surface area (Å²) in [6, 6.07) is 15.3. The summed E-state index contributed by atoms with van der Waals surface area (Å²) in [5.41, 5.74) is 5.73. The number of aryl methyl sites for hydroxylation is 1. The Kier molecular flexibility index (Phi) is 4.24. The Labute approximate surface area is 156 Å². The highest BCUT2D eigenvalue weighted by Gasteiger charge is 2.23. The summed E-state index contributed by atoms with van der Waals surface area (Å²) in [6.07, 6.45) is -0.179. The summed E-state index contributed by atoms with van der Waals surface area (Å²) < 4.78 is 10.2. The summed E-state index contributed by atoms with van der Waals surface area (Å²) in [5, 5.41) is 6.22. The van der Waals surface area contributed by atoms with Crippen LogP contribution in [0.1, 0.15) is 34.1 Å². The molecule has 1 heterocycles. The van der Waals surface area contributed by atoms with Crippen molar-refractivity contribution in [2.75, 3.05) is 5.32 Å². The van der Waals surface area contributed by atoms with E-state index >= 15 is 0 Å². The summed E-state index contributed by atoms with van der Waals surface area (Å²) in [7, 11) is 0. The molecule has 1 atom stereocenters. The van der Waals surface area contributed by atoms with E-state index in [4.69, 9.17) is 9.26 Å². The Balaban J connectivity index is 1.44. The molecule has 136 valence electrons. The van der Waals surface area contributed by atoms with Crippen LogP contribution in [0.15, 0.2) is 53.1 Å². The van der Waals surface area contributed by atoms with Crippen molar-refractivity contribution in [1.29, 1.82) is 0 Å². The third kappa shape index (κ3) is 3.33. The molecule has 0 saturated heterocycles. The van der Waals surface area contributed by atoms with E-state index in [0.717, 1.165) is 17.5 Å². The van der Waals surface area contributed by atoms with Gasteiger partial charge in [0.05, 0.1) is 11.3 Å². The smallest absolute Gasteiger partial charge is 0.338 e. The highest BCUT2D eigenvalue weighted by atomic mass is 16.5. The largest absolute Gasteiger partial charge is 0.449 e. The topological polar surface area (TPSA) is 81.4 Å². The fraction of sp³-hybridized carbons (Fsp3) is 0.190. The van der Waals surface area contributed by atoms with Gasteiger partial charge < -0.3 is 9.26 Å². The van der Waals surface area contributed by atoms with Gasteiger partial charge in [-0.1, -0.05) is 35.5 Å². The van der Waals surface area contributed by atoms with Gasteiger partial charge in [0, 0.05) is 6.07 Å². The molecule has 1 aromatic heterocycles. The SMILES string of the molecule is Cc1cc(NC(=O)[C@H](C)OC(=O)c2ccc3c(c2)Cc2ccccc2-3)on1. The maximum absolute atomic E-state index is 12.5. The predicted molar refractivity (Wildman–Crippen MR) is 99.4 cm³/mol. The standard InChI is InChI=1S/C21H18N2O4/c1-12-9-19(27-23-12)22-20(24)13(2)26-21(25)15-7-8-18-16(11-15)10-14-5-3-4-6-17(14)18/h3-9,11,13H,10H2,1-2H3,(H,22,24)/t13-/m0/s1. The quantitative estimate of drug-likeness (QED) is 0.559. The van der Waals surface area contributed by atoms with Gasteiger partial charge in [-0.3, -0.25) is 10.1 Å². The lowest BCUT2D eigenvalue weighted by molar-refractivity contribution is -0.123. The molecule has 3 aromatic rings. The van der Waals surface area contributed by atoms with E-state index in [1.54, 1.807) is 19.1 Å². The summed E-state index contributed by atoms with van der Waals surface area (Å²) in [6.45, 7) is 3.26. The van der Waals surface area contributed by atoms with Gasteiger partial charge in [0.2, 0.25) is 5.88 Å². The monoisotopic (exact) mass is 362 g/mol. The van der Waals surface area contributed by atoms with Crippen molar-refractivity contribution in [3.05, 3.63) is 70.9 Å². The fourth-order valence-electron chi connectivity index (χ4n) is 3.20. The zero-order valence-corrected chi connectivity index (χ0v) is 15.0. The number of esters is 1.